The zero-order valence-corrected chi connectivity index (χ0v) is 14.2. The maximum atomic E-state index is 6.27. The molecule has 2 heterocycles. The fourth-order valence-electron chi connectivity index (χ4n) is 2.60. The Morgan fingerprint density at radius 1 is 1.23 bits per heavy atom. The highest BCUT2D eigenvalue weighted by atomic mass is 35.5. The molecule has 3 rings (SSSR count). The summed E-state index contributed by atoms with van der Waals surface area (Å²) in [6.45, 7) is 3.17. The zero-order chi connectivity index (χ0) is 15.2. The van der Waals surface area contributed by atoms with E-state index in [1.165, 1.54) is 37.6 Å². The standard InChI is InChI=1S/C17H21ClN2OS/c18-15-12-17(19-16-7-3-2-6-14(15)16)21-10-5-1-4-8-20-9-11-22-13-20/h2-3,6-7,12H,1,4-5,8-11,13H2. The van der Waals surface area contributed by atoms with E-state index in [0.29, 0.717) is 17.5 Å². The molecule has 3 nitrogen and oxygen atoms in total. The summed E-state index contributed by atoms with van der Waals surface area (Å²) in [4.78, 5) is 7.02. The monoisotopic (exact) mass is 336 g/mol. The van der Waals surface area contributed by atoms with Crippen molar-refractivity contribution in [2.24, 2.45) is 0 Å². The van der Waals surface area contributed by atoms with Crippen LogP contribution in [0.1, 0.15) is 19.3 Å². The van der Waals surface area contributed by atoms with E-state index in [9.17, 15) is 0 Å². The van der Waals surface area contributed by atoms with Gasteiger partial charge in [-0.25, -0.2) is 4.98 Å². The minimum Gasteiger partial charge on any atom is -0.478 e. The highest BCUT2D eigenvalue weighted by Gasteiger charge is 2.10. The third-order valence-electron chi connectivity index (χ3n) is 3.84. The molecule has 0 amide bonds. The van der Waals surface area contributed by atoms with Crippen LogP contribution in [0.5, 0.6) is 5.88 Å². The number of aromatic nitrogens is 1. The fraction of sp³-hybridized carbons (Fsp3) is 0.471. The molecule has 0 atom stereocenters. The van der Waals surface area contributed by atoms with E-state index in [1.54, 1.807) is 0 Å². The summed E-state index contributed by atoms with van der Waals surface area (Å²) >= 11 is 8.30. The van der Waals surface area contributed by atoms with Gasteiger partial charge in [0.1, 0.15) is 0 Å². The Kier molecular flexibility index (Phi) is 5.82. The third kappa shape index (κ3) is 4.28. The number of benzene rings is 1. The number of halogens is 1. The molecule has 1 aliphatic heterocycles. The molecule has 1 aromatic carbocycles. The van der Waals surface area contributed by atoms with Crippen LogP contribution in [0.3, 0.4) is 0 Å². The molecule has 1 fully saturated rings. The maximum absolute atomic E-state index is 6.27. The average Bonchev–Trinajstić information content (AvgIpc) is 3.04. The summed E-state index contributed by atoms with van der Waals surface area (Å²) in [5.74, 6) is 3.12. The van der Waals surface area contributed by atoms with E-state index < -0.39 is 0 Å². The van der Waals surface area contributed by atoms with E-state index in [2.05, 4.69) is 9.88 Å². The molecule has 1 aromatic heterocycles. The number of pyridine rings is 1. The molecule has 0 N–H and O–H groups in total. The van der Waals surface area contributed by atoms with Crippen LogP contribution in [0.15, 0.2) is 30.3 Å². The molecule has 1 aliphatic rings. The fourth-order valence-corrected chi connectivity index (χ4v) is 3.89. The highest BCUT2D eigenvalue weighted by molar-refractivity contribution is 7.99. The van der Waals surface area contributed by atoms with Crippen LogP contribution < -0.4 is 4.74 Å². The lowest BCUT2D eigenvalue weighted by atomic mass is 10.2. The van der Waals surface area contributed by atoms with Crippen molar-refractivity contribution in [3.05, 3.63) is 35.4 Å². The molecule has 0 unspecified atom stereocenters. The number of fused-ring (bicyclic) bond motifs is 1. The van der Waals surface area contributed by atoms with E-state index in [1.807, 2.05) is 42.1 Å². The van der Waals surface area contributed by atoms with Gasteiger partial charge in [0.15, 0.2) is 0 Å². The van der Waals surface area contributed by atoms with Crippen LogP contribution in [0.2, 0.25) is 5.02 Å². The zero-order valence-electron chi connectivity index (χ0n) is 12.6. The molecule has 0 saturated carbocycles. The van der Waals surface area contributed by atoms with E-state index in [4.69, 9.17) is 16.3 Å². The predicted molar refractivity (Wildman–Crippen MR) is 95.0 cm³/mol. The number of thioether (sulfide) groups is 1. The normalized spacial score (nSPS) is 15.5. The Morgan fingerprint density at radius 2 is 2.14 bits per heavy atom. The number of para-hydroxylation sites is 1. The number of ether oxygens (including phenoxy) is 1. The third-order valence-corrected chi connectivity index (χ3v) is 5.17. The van der Waals surface area contributed by atoms with Crippen molar-refractivity contribution < 1.29 is 4.74 Å². The second-order valence-electron chi connectivity index (χ2n) is 5.52. The van der Waals surface area contributed by atoms with Gasteiger partial charge in [-0.2, -0.15) is 0 Å². The second-order valence-corrected chi connectivity index (χ2v) is 7.01. The quantitative estimate of drug-likeness (QED) is 0.698. The van der Waals surface area contributed by atoms with Gasteiger partial charge < -0.3 is 4.74 Å². The molecule has 0 bridgehead atoms. The van der Waals surface area contributed by atoms with E-state index >= 15 is 0 Å². The van der Waals surface area contributed by atoms with Gasteiger partial charge in [-0.1, -0.05) is 29.8 Å². The van der Waals surface area contributed by atoms with Crippen molar-refractivity contribution in [3.63, 3.8) is 0 Å². The van der Waals surface area contributed by atoms with Crippen LogP contribution in [0, 0.1) is 0 Å². The van der Waals surface area contributed by atoms with Crippen molar-refractivity contribution in [3.8, 4) is 5.88 Å². The number of hydrogen-bond acceptors (Lipinski definition) is 4. The number of unbranched alkanes of at least 4 members (excludes halogenated alkanes) is 2. The van der Waals surface area contributed by atoms with Crippen LogP contribution in [0.4, 0.5) is 0 Å². The first-order chi connectivity index (χ1) is 10.8. The lowest BCUT2D eigenvalue weighted by molar-refractivity contribution is 0.286. The Bertz CT molecular complexity index is 617. The Balaban J connectivity index is 1.41. The topological polar surface area (TPSA) is 25.4 Å². The smallest absolute Gasteiger partial charge is 0.215 e. The lowest BCUT2D eigenvalue weighted by Crippen LogP contribution is -2.20. The first-order valence-electron chi connectivity index (χ1n) is 7.81. The van der Waals surface area contributed by atoms with Gasteiger partial charge in [-0.05, 0) is 31.9 Å². The summed E-state index contributed by atoms with van der Waals surface area (Å²) < 4.78 is 5.75. The largest absolute Gasteiger partial charge is 0.478 e. The van der Waals surface area contributed by atoms with Gasteiger partial charge in [-0.3, -0.25) is 4.90 Å². The summed E-state index contributed by atoms with van der Waals surface area (Å²) in [7, 11) is 0. The Labute approximate surface area is 141 Å². The van der Waals surface area contributed by atoms with Gasteiger partial charge in [0, 0.05) is 29.6 Å². The highest BCUT2D eigenvalue weighted by Crippen LogP contribution is 2.26. The molecular weight excluding hydrogens is 316 g/mol. The molecule has 5 heteroatoms. The lowest BCUT2D eigenvalue weighted by Gasteiger charge is -2.13. The van der Waals surface area contributed by atoms with Gasteiger partial charge >= 0.3 is 0 Å². The summed E-state index contributed by atoms with van der Waals surface area (Å²) in [5.41, 5.74) is 0.886. The Morgan fingerprint density at radius 3 is 3.00 bits per heavy atom. The van der Waals surface area contributed by atoms with Crippen molar-refractivity contribution in [2.75, 3.05) is 31.3 Å². The first-order valence-corrected chi connectivity index (χ1v) is 9.34. The van der Waals surface area contributed by atoms with E-state index in [0.717, 1.165) is 17.3 Å². The molecular formula is C17H21ClN2OS. The van der Waals surface area contributed by atoms with Crippen LogP contribution in [-0.4, -0.2) is 41.2 Å². The predicted octanol–water partition coefficient (Wildman–Crippen LogP) is 4.44. The van der Waals surface area contributed by atoms with Crippen LogP contribution >= 0.6 is 23.4 Å². The average molecular weight is 337 g/mol. The minimum absolute atomic E-state index is 0.625. The summed E-state index contributed by atoms with van der Waals surface area (Å²) in [5, 5.41) is 1.67. The van der Waals surface area contributed by atoms with Crippen molar-refractivity contribution in [1.82, 2.24) is 9.88 Å². The minimum atomic E-state index is 0.625. The van der Waals surface area contributed by atoms with E-state index in [-0.39, 0.29) is 0 Å². The maximum Gasteiger partial charge on any atom is 0.215 e. The first kappa shape index (κ1) is 15.9. The molecule has 22 heavy (non-hydrogen) atoms. The van der Waals surface area contributed by atoms with Crippen molar-refractivity contribution in [2.45, 2.75) is 19.3 Å². The molecule has 1 saturated heterocycles. The SMILES string of the molecule is Clc1cc(OCCCCCN2CCSC2)nc2ccccc12. The van der Waals surface area contributed by atoms with Crippen LogP contribution in [0.25, 0.3) is 10.9 Å². The van der Waals surface area contributed by atoms with Gasteiger partial charge in [-0.15, -0.1) is 11.8 Å². The summed E-state index contributed by atoms with van der Waals surface area (Å²) in [6.07, 6.45) is 3.51. The second kappa shape index (κ2) is 8.04. The molecule has 2 aromatic rings. The molecule has 0 aliphatic carbocycles. The Hall–Kier alpha value is -0.970. The number of nitrogens with zero attached hydrogens (tertiary/aromatic N) is 2. The van der Waals surface area contributed by atoms with Gasteiger partial charge in [0.25, 0.3) is 0 Å². The van der Waals surface area contributed by atoms with Gasteiger partial charge in [0.05, 0.1) is 17.1 Å². The summed E-state index contributed by atoms with van der Waals surface area (Å²) in [6, 6.07) is 9.68. The van der Waals surface area contributed by atoms with Crippen LogP contribution in [-0.2, 0) is 0 Å². The molecule has 118 valence electrons. The molecule has 0 radical (unpaired) electrons. The number of hydrogen-bond donors (Lipinski definition) is 0. The van der Waals surface area contributed by atoms with Gasteiger partial charge in [0.2, 0.25) is 5.88 Å². The van der Waals surface area contributed by atoms with Crippen molar-refractivity contribution >= 4 is 34.3 Å². The number of rotatable bonds is 7. The van der Waals surface area contributed by atoms with Crippen molar-refractivity contribution in [1.29, 1.82) is 0 Å². The molecule has 0 spiro atoms.